The first-order valence-electron chi connectivity index (χ1n) is 6.43. The molecule has 0 aromatic carbocycles. The van der Waals surface area contributed by atoms with Gasteiger partial charge >= 0.3 is 11.9 Å². The number of rotatable bonds is 3. The van der Waals surface area contributed by atoms with E-state index in [0.717, 1.165) is 6.92 Å². The second-order valence-corrected chi connectivity index (χ2v) is 5.21. The lowest BCUT2D eigenvalue weighted by atomic mass is 9.84. The third kappa shape index (κ3) is 2.93. The fraction of sp³-hybridized carbons (Fsp3) is 0.833. The van der Waals surface area contributed by atoms with Gasteiger partial charge in [-0.15, -0.1) is 0 Å². The van der Waals surface area contributed by atoms with Crippen LogP contribution in [0.1, 0.15) is 19.8 Å². The maximum absolute atomic E-state index is 11.6. The number of aliphatic hydroxyl groups excluding tert-OH is 4. The third-order valence-electron chi connectivity index (χ3n) is 3.51. The molecule has 0 saturated heterocycles. The van der Waals surface area contributed by atoms with E-state index < -0.39 is 48.6 Å². The van der Waals surface area contributed by atoms with Crippen molar-refractivity contribution in [2.45, 2.75) is 56.4 Å². The predicted octanol–water partition coefficient (Wildman–Crippen LogP) is -2.30. The summed E-state index contributed by atoms with van der Waals surface area (Å²) in [5, 5.41) is 38.9. The van der Waals surface area contributed by atoms with Crippen LogP contribution in [-0.2, 0) is 19.1 Å². The molecule has 6 atom stereocenters. The average Bonchev–Trinajstić information content (AvgIpc) is 3.21. The zero-order valence-corrected chi connectivity index (χ0v) is 10.9. The minimum absolute atomic E-state index is 0.263. The topological polar surface area (TPSA) is 134 Å². The van der Waals surface area contributed by atoms with Crippen molar-refractivity contribution >= 4 is 11.9 Å². The highest BCUT2D eigenvalue weighted by Crippen LogP contribution is 2.33. The molecule has 8 nitrogen and oxygen atoms in total. The van der Waals surface area contributed by atoms with Crippen LogP contribution in [0.4, 0.5) is 0 Å². The van der Waals surface area contributed by atoms with Gasteiger partial charge in [-0.1, -0.05) is 0 Å². The lowest BCUT2D eigenvalue weighted by Gasteiger charge is -2.42. The van der Waals surface area contributed by atoms with Crippen LogP contribution < -0.4 is 0 Å². The SMILES string of the molecule is CC(=O)O[C@H]1[C@H](O)[C@@H](O)[C@H](O)[C@@H](O)[C@H]1OC(=O)C1CC1. The van der Waals surface area contributed by atoms with Gasteiger partial charge in [0.05, 0.1) is 5.92 Å². The summed E-state index contributed by atoms with van der Waals surface area (Å²) in [7, 11) is 0. The van der Waals surface area contributed by atoms with E-state index in [2.05, 4.69) is 0 Å². The first-order chi connectivity index (χ1) is 9.32. The summed E-state index contributed by atoms with van der Waals surface area (Å²) in [6.45, 7) is 1.08. The number of ether oxygens (including phenoxy) is 2. The van der Waals surface area contributed by atoms with Crippen LogP contribution in [-0.4, -0.2) is 69.0 Å². The van der Waals surface area contributed by atoms with Crippen LogP contribution in [0.25, 0.3) is 0 Å². The Morgan fingerprint density at radius 1 is 0.850 bits per heavy atom. The lowest BCUT2D eigenvalue weighted by molar-refractivity contribution is -0.241. The predicted molar refractivity (Wildman–Crippen MR) is 62.2 cm³/mol. The van der Waals surface area contributed by atoms with Crippen molar-refractivity contribution < 1.29 is 39.5 Å². The summed E-state index contributed by atoms with van der Waals surface area (Å²) >= 11 is 0. The van der Waals surface area contributed by atoms with Crippen LogP contribution in [0.5, 0.6) is 0 Å². The number of hydrogen-bond donors (Lipinski definition) is 4. The smallest absolute Gasteiger partial charge is 0.309 e. The van der Waals surface area contributed by atoms with E-state index in [1.807, 2.05) is 0 Å². The molecule has 0 radical (unpaired) electrons. The summed E-state index contributed by atoms with van der Waals surface area (Å²) in [4.78, 5) is 22.7. The van der Waals surface area contributed by atoms with Crippen molar-refractivity contribution in [2.75, 3.05) is 0 Å². The van der Waals surface area contributed by atoms with E-state index >= 15 is 0 Å². The van der Waals surface area contributed by atoms with Gasteiger partial charge in [-0.2, -0.15) is 0 Å². The Balaban J connectivity index is 2.16. The van der Waals surface area contributed by atoms with Crippen molar-refractivity contribution in [1.29, 1.82) is 0 Å². The summed E-state index contributed by atoms with van der Waals surface area (Å²) in [5.41, 5.74) is 0. The van der Waals surface area contributed by atoms with Crippen LogP contribution in [0.3, 0.4) is 0 Å². The van der Waals surface area contributed by atoms with Gasteiger partial charge in [-0.3, -0.25) is 9.59 Å². The fourth-order valence-corrected chi connectivity index (χ4v) is 2.20. The van der Waals surface area contributed by atoms with Crippen molar-refractivity contribution in [3.63, 3.8) is 0 Å². The molecule has 2 aliphatic carbocycles. The normalized spacial score (nSPS) is 41.0. The molecule has 2 fully saturated rings. The lowest BCUT2D eigenvalue weighted by Crippen LogP contribution is -2.65. The molecule has 2 aliphatic rings. The maximum atomic E-state index is 11.6. The molecule has 0 heterocycles. The summed E-state index contributed by atoms with van der Waals surface area (Å²) in [6.07, 6.45) is -8.21. The molecule has 0 unspecified atom stereocenters. The van der Waals surface area contributed by atoms with E-state index in [0.29, 0.717) is 12.8 Å². The van der Waals surface area contributed by atoms with Gasteiger partial charge in [-0.25, -0.2) is 0 Å². The summed E-state index contributed by atoms with van der Waals surface area (Å²) in [6, 6.07) is 0. The van der Waals surface area contributed by atoms with E-state index in [9.17, 15) is 30.0 Å². The third-order valence-corrected chi connectivity index (χ3v) is 3.51. The average molecular weight is 290 g/mol. The molecule has 0 bridgehead atoms. The number of carbonyl (C=O) groups excluding carboxylic acids is 2. The number of aliphatic hydroxyl groups is 4. The molecule has 0 spiro atoms. The quantitative estimate of drug-likeness (QED) is 0.426. The maximum Gasteiger partial charge on any atom is 0.309 e. The summed E-state index contributed by atoms with van der Waals surface area (Å²) < 4.78 is 9.84. The minimum atomic E-state index is -1.70. The van der Waals surface area contributed by atoms with Crippen molar-refractivity contribution in [1.82, 2.24) is 0 Å². The van der Waals surface area contributed by atoms with Crippen LogP contribution in [0.15, 0.2) is 0 Å². The molecule has 2 rings (SSSR count). The Labute approximate surface area is 114 Å². The second kappa shape index (κ2) is 5.65. The van der Waals surface area contributed by atoms with Gasteiger partial charge in [0, 0.05) is 6.92 Å². The van der Waals surface area contributed by atoms with E-state index in [4.69, 9.17) is 9.47 Å². The highest BCUT2D eigenvalue weighted by atomic mass is 16.6. The molecule has 8 heteroatoms. The molecule has 2 saturated carbocycles. The first-order valence-corrected chi connectivity index (χ1v) is 6.43. The van der Waals surface area contributed by atoms with Gasteiger partial charge in [0.1, 0.15) is 24.4 Å². The molecule has 0 aliphatic heterocycles. The molecular formula is C12H18O8. The molecular weight excluding hydrogens is 272 g/mol. The largest absolute Gasteiger partial charge is 0.456 e. The number of esters is 2. The van der Waals surface area contributed by atoms with E-state index in [-0.39, 0.29) is 5.92 Å². The highest BCUT2D eigenvalue weighted by Gasteiger charge is 2.53. The zero-order chi connectivity index (χ0) is 15.0. The molecule has 0 aromatic rings. The Bertz CT molecular complexity index is 393. The Kier molecular flexibility index (Phi) is 4.28. The Morgan fingerprint density at radius 2 is 1.30 bits per heavy atom. The van der Waals surface area contributed by atoms with Gasteiger partial charge in [0.25, 0.3) is 0 Å². The zero-order valence-electron chi connectivity index (χ0n) is 10.9. The molecule has 20 heavy (non-hydrogen) atoms. The minimum Gasteiger partial charge on any atom is -0.456 e. The van der Waals surface area contributed by atoms with Gasteiger partial charge in [-0.05, 0) is 12.8 Å². The van der Waals surface area contributed by atoms with E-state index in [1.165, 1.54) is 0 Å². The van der Waals surface area contributed by atoms with Crippen molar-refractivity contribution in [3.05, 3.63) is 0 Å². The summed E-state index contributed by atoms with van der Waals surface area (Å²) in [5.74, 6) is -1.61. The highest BCUT2D eigenvalue weighted by molar-refractivity contribution is 5.75. The Hall–Kier alpha value is -1.22. The van der Waals surface area contributed by atoms with Crippen molar-refractivity contribution in [2.24, 2.45) is 5.92 Å². The Morgan fingerprint density at radius 3 is 1.70 bits per heavy atom. The van der Waals surface area contributed by atoms with Gasteiger partial charge in [0.15, 0.2) is 12.2 Å². The van der Waals surface area contributed by atoms with Gasteiger partial charge in [0.2, 0.25) is 0 Å². The van der Waals surface area contributed by atoms with Crippen LogP contribution in [0, 0.1) is 5.92 Å². The molecule has 0 aromatic heterocycles. The molecule has 4 N–H and O–H groups in total. The monoisotopic (exact) mass is 290 g/mol. The van der Waals surface area contributed by atoms with Gasteiger partial charge < -0.3 is 29.9 Å². The number of hydrogen-bond acceptors (Lipinski definition) is 8. The van der Waals surface area contributed by atoms with Crippen LogP contribution >= 0.6 is 0 Å². The first kappa shape index (κ1) is 15.2. The second-order valence-electron chi connectivity index (χ2n) is 5.21. The number of carbonyl (C=O) groups is 2. The fourth-order valence-electron chi connectivity index (χ4n) is 2.20. The van der Waals surface area contributed by atoms with Crippen molar-refractivity contribution in [3.8, 4) is 0 Å². The standard InChI is InChI=1S/C12H18O8/c1-4(13)19-10-8(16)6(14)7(15)9(17)11(10)20-12(18)5-2-3-5/h5-11,14-17H,2-3H2,1H3/t6-,7-,8+,9+,10-,11+/m0/s1. The molecule has 114 valence electrons. The van der Waals surface area contributed by atoms with E-state index in [1.54, 1.807) is 0 Å². The van der Waals surface area contributed by atoms with Crippen LogP contribution in [0.2, 0.25) is 0 Å². The molecule has 0 amide bonds.